The SMILES string of the molecule is CCc1nnc2n1CCOc1ncc(N(C)Sc3cc(Cl)ccc3OC)cc1-2. The Labute approximate surface area is 172 Å². The normalized spacial score (nSPS) is 12.6. The number of aromatic nitrogens is 4. The van der Waals surface area contributed by atoms with Gasteiger partial charge < -0.3 is 18.3 Å². The number of hydrogen-bond acceptors (Lipinski definition) is 7. The zero-order chi connectivity index (χ0) is 19.7. The van der Waals surface area contributed by atoms with Crippen molar-refractivity contribution in [3.8, 4) is 23.0 Å². The molecule has 0 N–H and O–H groups in total. The Balaban J connectivity index is 1.68. The third-order valence-corrected chi connectivity index (χ3v) is 5.73. The highest BCUT2D eigenvalue weighted by molar-refractivity contribution is 8.00. The fourth-order valence-corrected chi connectivity index (χ4v) is 4.23. The van der Waals surface area contributed by atoms with Gasteiger partial charge in [-0.15, -0.1) is 10.2 Å². The molecule has 4 rings (SSSR count). The van der Waals surface area contributed by atoms with Crippen LogP contribution in [-0.4, -0.2) is 40.5 Å². The number of methoxy groups -OCH3 is 1. The average Bonchev–Trinajstić information content (AvgIpc) is 3.02. The van der Waals surface area contributed by atoms with Crippen molar-refractivity contribution in [3.63, 3.8) is 0 Å². The zero-order valence-corrected chi connectivity index (χ0v) is 17.4. The minimum atomic E-state index is 0.543. The van der Waals surface area contributed by atoms with E-state index in [-0.39, 0.29) is 0 Å². The molecule has 0 atom stereocenters. The molecule has 1 aliphatic heterocycles. The van der Waals surface area contributed by atoms with Crippen molar-refractivity contribution < 1.29 is 9.47 Å². The Hall–Kier alpha value is -2.45. The third kappa shape index (κ3) is 3.49. The zero-order valence-electron chi connectivity index (χ0n) is 15.8. The number of aryl methyl sites for hydroxylation is 1. The predicted molar refractivity (Wildman–Crippen MR) is 110 cm³/mol. The van der Waals surface area contributed by atoms with E-state index in [1.54, 1.807) is 13.3 Å². The quantitative estimate of drug-likeness (QED) is 0.579. The lowest BCUT2D eigenvalue weighted by molar-refractivity contribution is 0.294. The molecule has 0 saturated carbocycles. The van der Waals surface area contributed by atoms with Gasteiger partial charge in [0.15, 0.2) is 5.82 Å². The molecule has 0 unspecified atom stereocenters. The minimum Gasteiger partial charge on any atom is -0.496 e. The largest absolute Gasteiger partial charge is 0.496 e. The summed E-state index contributed by atoms with van der Waals surface area (Å²) >= 11 is 7.66. The lowest BCUT2D eigenvalue weighted by Crippen LogP contribution is -2.09. The van der Waals surface area contributed by atoms with Gasteiger partial charge in [0.25, 0.3) is 0 Å². The van der Waals surface area contributed by atoms with Gasteiger partial charge in [0, 0.05) is 18.5 Å². The molecule has 3 heterocycles. The van der Waals surface area contributed by atoms with Crippen LogP contribution in [0.25, 0.3) is 11.4 Å². The van der Waals surface area contributed by atoms with Crippen molar-refractivity contribution in [2.24, 2.45) is 0 Å². The number of anilines is 1. The first-order chi connectivity index (χ1) is 13.6. The van der Waals surface area contributed by atoms with E-state index in [1.165, 1.54) is 11.9 Å². The average molecular weight is 418 g/mol. The molecule has 0 radical (unpaired) electrons. The third-order valence-electron chi connectivity index (χ3n) is 4.50. The summed E-state index contributed by atoms with van der Waals surface area (Å²) < 4.78 is 15.4. The molecule has 146 valence electrons. The number of rotatable bonds is 5. The Bertz CT molecular complexity index is 1010. The topological polar surface area (TPSA) is 65.3 Å². The Kier molecular flexibility index (Phi) is 5.32. The van der Waals surface area contributed by atoms with Crippen LogP contribution in [0.3, 0.4) is 0 Å². The molecule has 0 bridgehead atoms. The fourth-order valence-electron chi connectivity index (χ4n) is 3.08. The summed E-state index contributed by atoms with van der Waals surface area (Å²) in [6.45, 7) is 3.32. The van der Waals surface area contributed by atoms with Crippen LogP contribution >= 0.6 is 23.5 Å². The van der Waals surface area contributed by atoms with E-state index < -0.39 is 0 Å². The van der Waals surface area contributed by atoms with Gasteiger partial charge in [0.1, 0.15) is 18.2 Å². The van der Waals surface area contributed by atoms with Crippen molar-refractivity contribution in [1.82, 2.24) is 19.7 Å². The number of fused-ring (bicyclic) bond motifs is 3. The summed E-state index contributed by atoms with van der Waals surface area (Å²) in [6.07, 6.45) is 2.61. The van der Waals surface area contributed by atoms with E-state index in [9.17, 15) is 0 Å². The molecule has 0 spiro atoms. The van der Waals surface area contributed by atoms with E-state index in [0.29, 0.717) is 24.1 Å². The molecule has 1 aromatic carbocycles. The van der Waals surface area contributed by atoms with Gasteiger partial charge in [-0.2, -0.15) is 0 Å². The Morgan fingerprint density at radius 3 is 2.96 bits per heavy atom. The van der Waals surface area contributed by atoms with Crippen molar-refractivity contribution in [2.45, 2.75) is 24.8 Å². The molecular formula is C19H20ClN5O2S. The second-order valence-electron chi connectivity index (χ2n) is 6.22. The van der Waals surface area contributed by atoms with Crippen LogP contribution in [0.15, 0.2) is 35.4 Å². The predicted octanol–water partition coefficient (Wildman–Crippen LogP) is 4.10. The van der Waals surface area contributed by atoms with E-state index >= 15 is 0 Å². The number of halogens is 1. The van der Waals surface area contributed by atoms with Gasteiger partial charge in [-0.3, -0.25) is 0 Å². The molecule has 9 heteroatoms. The summed E-state index contributed by atoms with van der Waals surface area (Å²) in [7, 11) is 3.61. The minimum absolute atomic E-state index is 0.543. The highest BCUT2D eigenvalue weighted by atomic mass is 35.5. The van der Waals surface area contributed by atoms with Gasteiger partial charge in [-0.25, -0.2) is 4.98 Å². The van der Waals surface area contributed by atoms with Gasteiger partial charge in [-0.1, -0.05) is 18.5 Å². The molecule has 1 aliphatic rings. The highest BCUT2D eigenvalue weighted by Gasteiger charge is 2.22. The summed E-state index contributed by atoms with van der Waals surface area (Å²) in [5.41, 5.74) is 1.75. The fraction of sp³-hybridized carbons (Fsp3) is 0.316. The molecule has 0 saturated heterocycles. The first-order valence-electron chi connectivity index (χ1n) is 8.91. The highest BCUT2D eigenvalue weighted by Crippen LogP contribution is 2.38. The standard InChI is InChI=1S/C19H20ClN5O2S/c1-4-17-22-23-18-14-10-13(11-21-19(14)27-8-7-25(17)18)24(2)28-16-9-12(20)5-6-15(16)26-3/h5-6,9-11H,4,7-8H2,1-3H3. The molecule has 2 aromatic heterocycles. The first kappa shape index (κ1) is 18.9. The van der Waals surface area contributed by atoms with Crippen LogP contribution in [0.5, 0.6) is 11.6 Å². The van der Waals surface area contributed by atoms with Crippen LogP contribution < -0.4 is 13.8 Å². The lowest BCUT2D eigenvalue weighted by Gasteiger charge is -2.20. The van der Waals surface area contributed by atoms with Crippen LogP contribution in [0.4, 0.5) is 5.69 Å². The number of benzene rings is 1. The van der Waals surface area contributed by atoms with Gasteiger partial charge in [-0.05, 0) is 36.2 Å². The van der Waals surface area contributed by atoms with E-state index in [4.69, 9.17) is 21.1 Å². The molecule has 28 heavy (non-hydrogen) atoms. The number of hydrogen-bond donors (Lipinski definition) is 0. The van der Waals surface area contributed by atoms with E-state index in [1.807, 2.05) is 35.6 Å². The summed E-state index contributed by atoms with van der Waals surface area (Å²) in [5, 5.41) is 9.35. The smallest absolute Gasteiger partial charge is 0.224 e. The molecule has 0 fully saturated rings. The van der Waals surface area contributed by atoms with Crippen molar-refractivity contribution >= 4 is 29.2 Å². The summed E-state index contributed by atoms with van der Waals surface area (Å²) in [6, 6.07) is 7.57. The maximum atomic E-state index is 6.15. The molecule has 0 aliphatic carbocycles. The number of pyridine rings is 1. The Morgan fingerprint density at radius 2 is 2.18 bits per heavy atom. The summed E-state index contributed by atoms with van der Waals surface area (Å²) in [5.74, 6) is 3.08. The second kappa shape index (κ2) is 7.89. The second-order valence-corrected chi connectivity index (χ2v) is 7.83. The number of ether oxygens (including phenoxy) is 2. The van der Waals surface area contributed by atoms with Crippen molar-refractivity contribution in [1.29, 1.82) is 0 Å². The molecule has 0 amide bonds. The van der Waals surface area contributed by atoms with Gasteiger partial charge in [0.05, 0.1) is 36.0 Å². The van der Waals surface area contributed by atoms with Crippen LogP contribution in [0.2, 0.25) is 5.02 Å². The molecule has 7 nitrogen and oxygen atoms in total. The summed E-state index contributed by atoms with van der Waals surface area (Å²) in [4.78, 5) is 5.44. The van der Waals surface area contributed by atoms with E-state index in [0.717, 1.165) is 40.0 Å². The maximum absolute atomic E-state index is 6.15. The van der Waals surface area contributed by atoms with E-state index in [2.05, 4.69) is 26.7 Å². The van der Waals surface area contributed by atoms with Crippen LogP contribution in [-0.2, 0) is 13.0 Å². The van der Waals surface area contributed by atoms with Crippen molar-refractivity contribution in [3.05, 3.63) is 41.3 Å². The number of nitrogens with zero attached hydrogens (tertiary/aromatic N) is 5. The molecular weight excluding hydrogens is 398 g/mol. The first-order valence-corrected chi connectivity index (χ1v) is 10.1. The van der Waals surface area contributed by atoms with Crippen LogP contribution in [0.1, 0.15) is 12.7 Å². The van der Waals surface area contributed by atoms with Crippen molar-refractivity contribution in [2.75, 3.05) is 25.1 Å². The monoisotopic (exact) mass is 417 g/mol. The molecule has 3 aromatic rings. The van der Waals surface area contributed by atoms with Gasteiger partial charge >= 0.3 is 0 Å². The Morgan fingerprint density at radius 1 is 1.32 bits per heavy atom. The van der Waals surface area contributed by atoms with Crippen LogP contribution in [0, 0.1) is 0 Å². The van der Waals surface area contributed by atoms with Gasteiger partial charge in [0.2, 0.25) is 5.88 Å². The lowest BCUT2D eigenvalue weighted by atomic mass is 10.2. The maximum Gasteiger partial charge on any atom is 0.224 e.